The molecule has 0 fully saturated rings. The summed E-state index contributed by atoms with van der Waals surface area (Å²) in [6.45, 7) is 0. The molecular weight excluding hydrogens is 251 g/mol. The molecule has 0 spiro atoms. The van der Waals surface area contributed by atoms with Crippen molar-refractivity contribution >= 4 is 27.5 Å². The lowest BCUT2D eigenvalue weighted by Crippen LogP contribution is -2.01. The van der Waals surface area contributed by atoms with Crippen LogP contribution in [0.4, 0.5) is 4.39 Å². The van der Waals surface area contributed by atoms with Crippen molar-refractivity contribution in [3.8, 4) is 0 Å². The van der Waals surface area contributed by atoms with Crippen LogP contribution < -0.4 is 0 Å². The molecule has 1 unspecified atom stereocenters. The van der Waals surface area contributed by atoms with Gasteiger partial charge in [0.2, 0.25) is 0 Å². The van der Waals surface area contributed by atoms with Gasteiger partial charge in [-0.25, -0.2) is 9.18 Å². The van der Waals surface area contributed by atoms with Crippen LogP contribution in [0.3, 0.4) is 0 Å². The van der Waals surface area contributed by atoms with Crippen molar-refractivity contribution < 1.29 is 13.9 Å². The van der Waals surface area contributed by atoms with Gasteiger partial charge in [0.15, 0.2) is 5.01 Å². The normalized spacial score (nSPS) is 20.6. The maximum absolute atomic E-state index is 12.6. The van der Waals surface area contributed by atoms with Gasteiger partial charge in [-0.15, -0.1) is 0 Å². The quantitative estimate of drug-likeness (QED) is 0.570. The van der Waals surface area contributed by atoms with Gasteiger partial charge in [0, 0.05) is 0 Å². The van der Waals surface area contributed by atoms with E-state index >= 15 is 0 Å². The van der Waals surface area contributed by atoms with E-state index in [1.54, 1.807) is 18.2 Å². The number of cyclic esters (lactones) is 1. The maximum atomic E-state index is 12.6. The van der Waals surface area contributed by atoms with E-state index in [1.165, 1.54) is 12.1 Å². The van der Waals surface area contributed by atoms with Crippen molar-refractivity contribution in [2.45, 2.75) is 5.01 Å². The number of carbonyl (C=O) groups is 1. The Morgan fingerprint density at radius 3 is 2.43 bits per heavy atom. The van der Waals surface area contributed by atoms with Crippen LogP contribution in [0.1, 0.15) is 5.56 Å². The van der Waals surface area contributed by atoms with Crippen LogP contribution in [0.25, 0.3) is 5.57 Å². The second-order valence-corrected chi connectivity index (χ2v) is 3.75. The summed E-state index contributed by atoms with van der Waals surface area (Å²) in [4.78, 5) is 11.3. The molecule has 0 amide bonds. The highest BCUT2D eigenvalue weighted by atomic mass is 79.9. The fourth-order valence-corrected chi connectivity index (χ4v) is 1.68. The first kappa shape index (κ1) is 9.40. The third kappa shape index (κ3) is 1.70. The molecule has 4 heteroatoms. The van der Waals surface area contributed by atoms with E-state index in [2.05, 4.69) is 15.9 Å². The minimum absolute atomic E-state index is 0.323. The second-order valence-electron chi connectivity index (χ2n) is 2.84. The van der Waals surface area contributed by atoms with E-state index in [1.807, 2.05) is 0 Å². The molecular formula is C10H6BrFO2. The number of halogens is 2. The van der Waals surface area contributed by atoms with Gasteiger partial charge in [-0.05, 0) is 39.7 Å². The van der Waals surface area contributed by atoms with E-state index in [0.717, 1.165) is 0 Å². The molecule has 0 saturated carbocycles. The van der Waals surface area contributed by atoms with E-state index in [4.69, 9.17) is 4.74 Å². The summed E-state index contributed by atoms with van der Waals surface area (Å²) in [7, 11) is 0. The zero-order chi connectivity index (χ0) is 10.1. The molecule has 1 aromatic carbocycles. The van der Waals surface area contributed by atoms with Crippen molar-refractivity contribution in [3.63, 3.8) is 0 Å². The van der Waals surface area contributed by atoms with Gasteiger partial charge in [-0.1, -0.05) is 12.1 Å². The lowest BCUT2D eigenvalue weighted by atomic mass is 10.1. The fraction of sp³-hybridized carbons (Fsp3) is 0.100. The standard InChI is InChI=1S/C10H6BrFO2/c11-9-5-8(10(13)14-9)6-1-3-7(12)4-2-6/h1-5,9H. The SMILES string of the molecule is O=C1OC(Br)C=C1c1ccc(F)cc1. The summed E-state index contributed by atoms with van der Waals surface area (Å²) in [5, 5.41) is -0.380. The Bertz CT molecular complexity index is 397. The number of hydrogen-bond donors (Lipinski definition) is 0. The Morgan fingerprint density at radius 2 is 1.93 bits per heavy atom. The number of rotatable bonds is 1. The van der Waals surface area contributed by atoms with Gasteiger partial charge in [0.05, 0.1) is 5.57 Å². The van der Waals surface area contributed by atoms with Crippen molar-refractivity contribution in [1.82, 2.24) is 0 Å². The Morgan fingerprint density at radius 1 is 1.29 bits per heavy atom. The molecule has 2 rings (SSSR count). The minimum atomic E-state index is -0.390. The molecule has 1 aliphatic heterocycles. The van der Waals surface area contributed by atoms with E-state index in [-0.39, 0.29) is 10.8 Å². The van der Waals surface area contributed by atoms with E-state index in [0.29, 0.717) is 11.1 Å². The number of benzene rings is 1. The minimum Gasteiger partial charge on any atom is -0.443 e. The Hall–Kier alpha value is -1.16. The van der Waals surface area contributed by atoms with Crippen LogP contribution in [0.15, 0.2) is 30.3 Å². The zero-order valence-electron chi connectivity index (χ0n) is 7.04. The highest BCUT2D eigenvalue weighted by Crippen LogP contribution is 2.26. The van der Waals surface area contributed by atoms with Gasteiger partial charge in [0.1, 0.15) is 5.82 Å². The van der Waals surface area contributed by atoms with Crippen molar-refractivity contribution in [2.75, 3.05) is 0 Å². The third-order valence-corrected chi connectivity index (χ3v) is 2.34. The van der Waals surface area contributed by atoms with E-state index < -0.39 is 5.97 Å². The molecule has 0 aromatic heterocycles. The van der Waals surface area contributed by atoms with Crippen LogP contribution >= 0.6 is 15.9 Å². The van der Waals surface area contributed by atoms with Crippen LogP contribution in [-0.2, 0) is 9.53 Å². The monoisotopic (exact) mass is 256 g/mol. The van der Waals surface area contributed by atoms with Crippen LogP contribution in [0, 0.1) is 5.82 Å². The van der Waals surface area contributed by atoms with Crippen molar-refractivity contribution in [2.24, 2.45) is 0 Å². The van der Waals surface area contributed by atoms with Gasteiger partial charge >= 0.3 is 5.97 Å². The zero-order valence-corrected chi connectivity index (χ0v) is 8.62. The molecule has 72 valence electrons. The molecule has 1 heterocycles. The number of ether oxygens (including phenoxy) is 1. The summed E-state index contributed by atoms with van der Waals surface area (Å²) in [6.07, 6.45) is 1.65. The van der Waals surface area contributed by atoms with Gasteiger partial charge < -0.3 is 4.74 Å². The molecule has 2 nitrogen and oxygen atoms in total. The topological polar surface area (TPSA) is 26.3 Å². The molecule has 0 radical (unpaired) electrons. The summed E-state index contributed by atoms with van der Waals surface area (Å²) < 4.78 is 17.5. The summed E-state index contributed by atoms with van der Waals surface area (Å²) >= 11 is 3.14. The Balaban J connectivity index is 2.36. The molecule has 0 saturated heterocycles. The van der Waals surface area contributed by atoms with Gasteiger partial charge in [0.25, 0.3) is 0 Å². The number of carbonyl (C=O) groups excluding carboxylic acids is 1. The molecule has 0 N–H and O–H groups in total. The predicted octanol–water partition coefficient (Wildman–Crippen LogP) is 2.49. The second kappa shape index (κ2) is 3.53. The van der Waals surface area contributed by atoms with Crippen LogP contribution in [-0.4, -0.2) is 11.0 Å². The van der Waals surface area contributed by atoms with Crippen LogP contribution in [0.5, 0.6) is 0 Å². The highest BCUT2D eigenvalue weighted by Gasteiger charge is 2.24. The number of esters is 1. The van der Waals surface area contributed by atoms with Crippen molar-refractivity contribution in [1.29, 1.82) is 0 Å². The predicted molar refractivity (Wildman–Crippen MR) is 53.2 cm³/mol. The molecule has 1 aliphatic rings. The average Bonchev–Trinajstić information content (AvgIpc) is 2.47. The molecule has 0 bridgehead atoms. The lowest BCUT2D eigenvalue weighted by Gasteiger charge is -1.99. The van der Waals surface area contributed by atoms with E-state index in [9.17, 15) is 9.18 Å². The fourth-order valence-electron chi connectivity index (χ4n) is 1.24. The Labute approximate surface area is 88.5 Å². The summed E-state index contributed by atoms with van der Waals surface area (Å²) in [6, 6.07) is 5.72. The first-order chi connectivity index (χ1) is 6.66. The lowest BCUT2D eigenvalue weighted by molar-refractivity contribution is -0.134. The maximum Gasteiger partial charge on any atom is 0.340 e. The number of hydrogen-bond acceptors (Lipinski definition) is 2. The molecule has 1 aromatic rings. The summed E-state index contributed by atoms with van der Waals surface area (Å²) in [5.74, 6) is -0.713. The average molecular weight is 257 g/mol. The molecule has 0 aliphatic carbocycles. The molecule has 1 atom stereocenters. The Kier molecular flexibility index (Phi) is 2.37. The van der Waals surface area contributed by atoms with Crippen molar-refractivity contribution in [3.05, 3.63) is 41.7 Å². The highest BCUT2D eigenvalue weighted by molar-refractivity contribution is 9.09. The summed E-state index contributed by atoms with van der Waals surface area (Å²) in [5.41, 5.74) is 1.13. The first-order valence-corrected chi connectivity index (χ1v) is 4.91. The van der Waals surface area contributed by atoms with Gasteiger partial charge in [-0.3, -0.25) is 0 Å². The van der Waals surface area contributed by atoms with Crippen LogP contribution in [0.2, 0.25) is 0 Å². The smallest absolute Gasteiger partial charge is 0.340 e. The third-order valence-electron chi connectivity index (χ3n) is 1.89. The molecule has 14 heavy (non-hydrogen) atoms. The van der Waals surface area contributed by atoms with Gasteiger partial charge in [-0.2, -0.15) is 0 Å². The number of alkyl halides is 1. The first-order valence-electron chi connectivity index (χ1n) is 3.99. The largest absolute Gasteiger partial charge is 0.443 e.